The fourth-order valence-corrected chi connectivity index (χ4v) is 3.70. The second kappa shape index (κ2) is 5.88. The van der Waals surface area contributed by atoms with E-state index in [-0.39, 0.29) is 11.5 Å². The summed E-state index contributed by atoms with van der Waals surface area (Å²) in [4.78, 5) is 4.09. The number of fused-ring (bicyclic) bond motifs is 2. The van der Waals surface area contributed by atoms with E-state index in [1.165, 1.54) is 0 Å². The monoisotopic (exact) mass is 352 g/mol. The molecule has 0 fully saturated rings. The Bertz CT molecular complexity index is 1290. The van der Waals surface area contributed by atoms with Crippen molar-refractivity contribution in [3.05, 3.63) is 85.5 Å². The molecule has 0 bridgehead atoms. The van der Waals surface area contributed by atoms with Gasteiger partial charge in [0.05, 0.1) is 12.0 Å². The van der Waals surface area contributed by atoms with Gasteiger partial charge in [0.25, 0.3) is 0 Å². The Kier molecular flexibility index (Phi) is 3.37. The third kappa shape index (κ3) is 2.34. The minimum absolute atomic E-state index is 0.110. The number of hydrogen-bond acceptors (Lipinski definition) is 3. The standard InChI is InChI=1S/C23H16N2O2/c26-20-10-9-15-5-1-3-7-17(15)21(20)22-18-8-4-2-6-16(18)13-19(23(22)27)25-12-11-24-14-25/h1-14,26-27H. The van der Waals surface area contributed by atoms with Crippen LogP contribution in [-0.4, -0.2) is 19.8 Å². The lowest BCUT2D eigenvalue weighted by Gasteiger charge is -2.17. The minimum Gasteiger partial charge on any atom is -0.507 e. The zero-order valence-corrected chi connectivity index (χ0v) is 14.4. The predicted molar refractivity (Wildman–Crippen MR) is 107 cm³/mol. The highest BCUT2D eigenvalue weighted by atomic mass is 16.3. The summed E-state index contributed by atoms with van der Waals surface area (Å²) in [6.07, 6.45) is 5.11. The van der Waals surface area contributed by atoms with Gasteiger partial charge < -0.3 is 14.8 Å². The number of rotatable bonds is 2. The predicted octanol–water partition coefficient (Wildman–Crippen LogP) is 5.26. The lowest BCUT2D eigenvalue weighted by atomic mass is 9.91. The third-order valence-corrected chi connectivity index (χ3v) is 4.94. The van der Waals surface area contributed by atoms with Gasteiger partial charge in [0.1, 0.15) is 11.5 Å². The van der Waals surface area contributed by atoms with Gasteiger partial charge in [-0.1, -0.05) is 54.6 Å². The molecule has 27 heavy (non-hydrogen) atoms. The molecule has 0 spiro atoms. The number of nitrogens with zero attached hydrogens (tertiary/aromatic N) is 2. The molecule has 5 aromatic rings. The van der Waals surface area contributed by atoms with E-state index in [9.17, 15) is 10.2 Å². The summed E-state index contributed by atoms with van der Waals surface area (Å²) in [5, 5.41) is 25.7. The SMILES string of the molecule is Oc1ccc2ccccc2c1-c1c(O)c(-n2ccnc2)cc2ccccc12. The maximum Gasteiger partial charge on any atom is 0.148 e. The molecule has 4 nitrogen and oxygen atoms in total. The third-order valence-electron chi connectivity index (χ3n) is 4.94. The van der Waals surface area contributed by atoms with Crippen LogP contribution in [0.4, 0.5) is 0 Å². The molecule has 0 aliphatic heterocycles. The quantitative estimate of drug-likeness (QED) is 0.456. The topological polar surface area (TPSA) is 58.3 Å². The van der Waals surface area contributed by atoms with E-state index >= 15 is 0 Å². The Hall–Kier alpha value is -3.79. The summed E-state index contributed by atoms with van der Waals surface area (Å²) in [6, 6.07) is 21.2. The first-order chi connectivity index (χ1) is 13.2. The normalized spacial score (nSPS) is 11.3. The summed E-state index contributed by atoms with van der Waals surface area (Å²) in [6.45, 7) is 0. The lowest BCUT2D eigenvalue weighted by molar-refractivity contribution is 0.468. The van der Waals surface area contributed by atoms with E-state index in [0.717, 1.165) is 21.5 Å². The van der Waals surface area contributed by atoms with E-state index in [4.69, 9.17) is 0 Å². The second-order valence-corrected chi connectivity index (χ2v) is 6.49. The lowest BCUT2D eigenvalue weighted by Crippen LogP contribution is -1.95. The van der Waals surface area contributed by atoms with Gasteiger partial charge in [-0.2, -0.15) is 0 Å². The molecule has 0 unspecified atom stereocenters. The van der Waals surface area contributed by atoms with Crippen LogP contribution in [0.25, 0.3) is 38.4 Å². The van der Waals surface area contributed by atoms with Gasteiger partial charge in [0, 0.05) is 23.5 Å². The average molecular weight is 352 g/mol. The van der Waals surface area contributed by atoms with Crippen molar-refractivity contribution < 1.29 is 10.2 Å². The molecule has 2 N–H and O–H groups in total. The van der Waals surface area contributed by atoms with Crippen LogP contribution in [-0.2, 0) is 0 Å². The molecule has 4 aromatic carbocycles. The first kappa shape index (κ1) is 15.5. The van der Waals surface area contributed by atoms with Crippen molar-refractivity contribution in [2.75, 3.05) is 0 Å². The van der Waals surface area contributed by atoms with Crippen LogP contribution in [0.5, 0.6) is 11.5 Å². The van der Waals surface area contributed by atoms with E-state index in [1.807, 2.05) is 60.7 Å². The molecule has 4 heteroatoms. The van der Waals surface area contributed by atoms with Crippen molar-refractivity contribution in [2.24, 2.45) is 0 Å². The second-order valence-electron chi connectivity index (χ2n) is 6.49. The van der Waals surface area contributed by atoms with Gasteiger partial charge in [0.2, 0.25) is 0 Å². The van der Waals surface area contributed by atoms with Crippen LogP contribution in [0.3, 0.4) is 0 Å². The van der Waals surface area contributed by atoms with Crippen molar-refractivity contribution in [1.82, 2.24) is 9.55 Å². The van der Waals surface area contributed by atoms with Crippen molar-refractivity contribution in [1.29, 1.82) is 0 Å². The number of phenolic OH excluding ortho intramolecular Hbond substituents is 2. The average Bonchev–Trinajstić information content (AvgIpc) is 3.23. The van der Waals surface area contributed by atoms with Gasteiger partial charge >= 0.3 is 0 Å². The first-order valence-corrected chi connectivity index (χ1v) is 8.68. The largest absolute Gasteiger partial charge is 0.507 e. The molecule has 0 saturated carbocycles. The van der Waals surface area contributed by atoms with Crippen molar-refractivity contribution in [3.8, 4) is 28.3 Å². The van der Waals surface area contributed by atoms with Crippen LogP contribution in [0.15, 0.2) is 85.5 Å². The number of aromatic hydroxyl groups is 2. The Morgan fingerprint density at radius 1 is 0.741 bits per heavy atom. The minimum atomic E-state index is 0.110. The number of phenols is 2. The maximum absolute atomic E-state index is 11.2. The van der Waals surface area contributed by atoms with Gasteiger partial charge in [-0.05, 0) is 33.7 Å². The molecule has 0 saturated heterocycles. The fraction of sp³-hybridized carbons (Fsp3) is 0. The highest BCUT2D eigenvalue weighted by Gasteiger charge is 2.20. The molecule has 0 aliphatic rings. The molecular weight excluding hydrogens is 336 g/mol. The van der Waals surface area contributed by atoms with Gasteiger partial charge in [-0.25, -0.2) is 4.98 Å². The number of aromatic nitrogens is 2. The first-order valence-electron chi connectivity index (χ1n) is 8.68. The van der Waals surface area contributed by atoms with Crippen molar-refractivity contribution >= 4 is 21.5 Å². The van der Waals surface area contributed by atoms with Gasteiger partial charge in [0.15, 0.2) is 0 Å². The van der Waals surface area contributed by atoms with Crippen LogP contribution in [0.1, 0.15) is 0 Å². The van der Waals surface area contributed by atoms with E-state index in [0.29, 0.717) is 16.8 Å². The molecule has 5 rings (SSSR count). The Labute approximate surface area is 155 Å². The van der Waals surface area contributed by atoms with Gasteiger partial charge in [-0.3, -0.25) is 0 Å². The summed E-state index contributed by atoms with van der Waals surface area (Å²) in [5.41, 5.74) is 1.86. The maximum atomic E-state index is 11.2. The summed E-state index contributed by atoms with van der Waals surface area (Å²) in [7, 11) is 0. The number of benzene rings is 4. The van der Waals surface area contributed by atoms with Gasteiger partial charge in [-0.15, -0.1) is 0 Å². The van der Waals surface area contributed by atoms with E-state index < -0.39 is 0 Å². The Morgan fingerprint density at radius 3 is 2.19 bits per heavy atom. The smallest absolute Gasteiger partial charge is 0.148 e. The zero-order chi connectivity index (χ0) is 18.4. The Balaban J connectivity index is 1.97. The van der Waals surface area contributed by atoms with Crippen LogP contribution >= 0.6 is 0 Å². The molecule has 130 valence electrons. The molecular formula is C23H16N2O2. The molecule has 0 atom stereocenters. The fourth-order valence-electron chi connectivity index (χ4n) is 3.70. The molecule has 1 aromatic heterocycles. The number of hydrogen-bond donors (Lipinski definition) is 2. The van der Waals surface area contributed by atoms with Crippen molar-refractivity contribution in [2.45, 2.75) is 0 Å². The molecule has 0 amide bonds. The molecule has 1 heterocycles. The van der Waals surface area contributed by atoms with E-state index in [1.54, 1.807) is 29.4 Å². The molecule has 0 aliphatic carbocycles. The van der Waals surface area contributed by atoms with Crippen LogP contribution in [0, 0.1) is 0 Å². The summed E-state index contributed by atoms with van der Waals surface area (Å²) < 4.78 is 1.77. The van der Waals surface area contributed by atoms with Crippen LogP contribution < -0.4 is 0 Å². The van der Waals surface area contributed by atoms with E-state index in [2.05, 4.69) is 4.98 Å². The summed E-state index contributed by atoms with van der Waals surface area (Å²) >= 11 is 0. The highest BCUT2D eigenvalue weighted by Crippen LogP contribution is 2.46. The highest BCUT2D eigenvalue weighted by molar-refractivity contribution is 6.10. The zero-order valence-electron chi connectivity index (χ0n) is 14.4. The number of imidazole rings is 1. The summed E-state index contributed by atoms with van der Waals surface area (Å²) in [5.74, 6) is 0.246. The van der Waals surface area contributed by atoms with Crippen molar-refractivity contribution in [3.63, 3.8) is 0 Å². The Morgan fingerprint density at radius 2 is 1.44 bits per heavy atom. The van der Waals surface area contributed by atoms with Crippen LogP contribution in [0.2, 0.25) is 0 Å². The molecule has 0 radical (unpaired) electrons.